The standard InChI is InChI=1S/C19H34N4O2.HI/c1-7-23(8-2)15(3)13-21-19(20-5)22-14-16(4)25-18-12-10-9-11-17(18)24-6;/h9-12,15-16H,7-8,13-14H2,1-6H3,(H2,20,21,22);1H. The zero-order valence-corrected chi connectivity index (χ0v) is 19.2. The van der Waals surface area contributed by atoms with Gasteiger partial charge < -0.3 is 20.1 Å². The average Bonchev–Trinajstić information content (AvgIpc) is 2.63. The summed E-state index contributed by atoms with van der Waals surface area (Å²) in [7, 11) is 3.43. The van der Waals surface area contributed by atoms with Crippen LogP contribution in [0.25, 0.3) is 0 Å². The van der Waals surface area contributed by atoms with Crippen LogP contribution in [-0.2, 0) is 0 Å². The fourth-order valence-corrected chi connectivity index (χ4v) is 2.66. The predicted molar refractivity (Wildman–Crippen MR) is 120 cm³/mol. The smallest absolute Gasteiger partial charge is 0.191 e. The average molecular weight is 478 g/mol. The van der Waals surface area contributed by atoms with Gasteiger partial charge in [0.15, 0.2) is 17.5 Å². The third-order valence-corrected chi connectivity index (χ3v) is 4.18. The third kappa shape index (κ3) is 8.44. The van der Waals surface area contributed by atoms with Gasteiger partial charge in [-0.3, -0.25) is 9.89 Å². The van der Waals surface area contributed by atoms with Crippen LogP contribution < -0.4 is 20.1 Å². The molecular weight excluding hydrogens is 443 g/mol. The number of likely N-dealkylation sites (N-methyl/N-ethyl adjacent to an activating group) is 1. The van der Waals surface area contributed by atoms with Crippen LogP contribution >= 0.6 is 24.0 Å². The lowest BCUT2D eigenvalue weighted by atomic mass is 10.3. The number of ether oxygens (including phenoxy) is 2. The van der Waals surface area contributed by atoms with Gasteiger partial charge in [-0.25, -0.2) is 0 Å². The number of aliphatic imine (C=N–C) groups is 1. The Morgan fingerprint density at radius 1 is 1.08 bits per heavy atom. The van der Waals surface area contributed by atoms with Crippen LogP contribution in [0.15, 0.2) is 29.3 Å². The lowest BCUT2D eigenvalue weighted by Gasteiger charge is -2.27. The van der Waals surface area contributed by atoms with E-state index < -0.39 is 0 Å². The van der Waals surface area contributed by atoms with E-state index in [0.29, 0.717) is 12.6 Å². The highest BCUT2D eigenvalue weighted by Crippen LogP contribution is 2.26. The fourth-order valence-electron chi connectivity index (χ4n) is 2.66. The number of nitrogens with one attached hydrogen (secondary N) is 2. The van der Waals surface area contributed by atoms with Gasteiger partial charge in [0, 0.05) is 19.6 Å². The van der Waals surface area contributed by atoms with Crippen molar-refractivity contribution in [3.8, 4) is 11.5 Å². The van der Waals surface area contributed by atoms with Crippen molar-refractivity contribution in [1.82, 2.24) is 15.5 Å². The van der Waals surface area contributed by atoms with Crippen molar-refractivity contribution >= 4 is 29.9 Å². The molecule has 0 bridgehead atoms. The van der Waals surface area contributed by atoms with Gasteiger partial charge in [0.25, 0.3) is 0 Å². The molecule has 26 heavy (non-hydrogen) atoms. The number of para-hydroxylation sites is 2. The molecule has 0 heterocycles. The second-order valence-electron chi connectivity index (χ2n) is 5.98. The number of methoxy groups -OCH3 is 1. The molecule has 2 unspecified atom stereocenters. The summed E-state index contributed by atoms with van der Waals surface area (Å²) < 4.78 is 11.3. The van der Waals surface area contributed by atoms with Gasteiger partial charge in [0.05, 0.1) is 13.7 Å². The van der Waals surface area contributed by atoms with Crippen LogP contribution in [0.5, 0.6) is 11.5 Å². The monoisotopic (exact) mass is 478 g/mol. The topological polar surface area (TPSA) is 58.1 Å². The summed E-state index contributed by atoms with van der Waals surface area (Å²) in [4.78, 5) is 6.69. The largest absolute Gasteiger partial charge is 0.493 e. The molecule has 7 heteroatoms. The van der Waals surface area contributed by atoms with Crippen molar-refractivity contribution < 1.29 is 9.47 Å². The van der Waals surface area contributed by atoms with E-state index in [-0.39, 0.29) is 30.1 Å². The molecule has 150 valence electrons. The Morgan fingerprint density at radius 3 is 2.19 bits per heavy atom. The van der Waals surface area contributed by atoms with E-state index in [0.717, 1.165) is 37.1 Å². The molecule has 0 spiro atoms. The lowest BCUT2D eigenvalue weighted by molar-refractivity contribution is 0.213. The van der Waals surface area contributed by atoms with Gasteiger partial charge in [0.2, 0.25) is 0 Å². The Hall–Kier alpha value is -1.22. The van der Waals surface area contributed by atoms with Crippen LogP contribution in [0.1, 0.15) is 27.7 Å². The number of hydrogen-bond acceptors (Lipinski definition) is 4. The van der Waals surface area contributed by atoms with Crippen molar-refractivity contribution in [3.63, 3.8) is 0 Å². The van der Waals surface area contributed by atoms with E-state index in [1.807, 2.05) is 31.2 Å². The van der Waals surface area contributed by atoms with E-state index >= 15 is 0 Å². The van der Waals surface area contributed by atoms with Crippen molar-refractivity contribution in [1.29, 1.82) is 0 Å². The number of rotatable bonds is 10. The number of nitrogens with zero attached hydrogens (tertiary/aromatic N) is 2. The van der Waals surface area contributed by atoms with Crippen molar-refractivity contribution in [2.45, 2.75) is 39.8 Å². The molecule has 0 fully saturated rings. The predicted octanol–water partition coefficient (Wildman–Crippen LogP) is 2.98. The maximum absolute atomic E-state index is 5.95. The summed E-state index contributed by atoms with van der Waals surface area (Å²) in [5.74, 6) is 2.27. The highest BCUT2D eigenvalue weighted by molar-refractivity contribution is 14.0. The Kier molecular flexibility index (Phi) is 13.3. The molecule has 0 saturated heterocycles. The lowest BCUT2D eigenvalue weighted by Crippen LogP contribution is -2.47. The first kappa shape index (κ1) is 24.8. The summed E-state index contributed by atoms with van der Waals surface area (Å²) >= 11 is 0. The summed E-state index contributed by atoms with van der Waals surface area (Å²) in [6.07, 6.45) is -0.0185. The first-order chi connectivity index (χ1) is 12.0. The molecule has 6 nitrogen and oxygen atoms in total. The minimum atomic E-state index is -0.0185. The summed E-state index contributed by atoms with van der Waals surface area (Å²) in [5.41, 5.74) is 0. The molecule has 0 aliphatic heterocycles. The summed E-state index contributed by atoms with van der Waals surface area (Å²) in [6, 6.07) is 8.12. The van der Waals surface area contributed by atoms with E-state index in [1.54, 1.807) is 14.2 Å². The Bertz CT molecular complexity index is 524. The highest BCUT2D eigenvalue weighted by Gasteiger charge is 2.12. The molecule has 1 rings (SSSR count). The molecule has 0 aliphatic carbocycles. The Labute approximate surface area is 175 Å². The van der Waals surface area contributed by atoms with E-state index in [9.17, 15) is 0 Å². The number of benzene rings is 1. The minimum Gasteiger partial charge on any atom is -0.493 e. The van der Waals surface area contributed by atoms with Gasteiger partial charge in [-0.15, -0.1) is 24.0 Å². The van der Waals surface area contributed by atoms with Gasteiger partial charge in [0.1, 0.15) is 6.10 Å². The molecule has 2 N–H and O–H groups in total. The van der Waals surface area contributed by atoms with Crippen LogP contribution in [0.3, 0.4) is 0 Å². The van der Waals surface area contributed by atoms with Gasteiger partial charge in [-0.1, -0.05) is 26.0 Å². The fraction of sp³-hybridized carbons (Fsp3) is 0.632. The number of guanidine groups is 1. The maximum Gasteiger partial charge on any atom is 0.191 e. The molecule has 0 aromatic heterocycles. The van der Waals surface area contributed by atoms with Gasteiger partial charge >= 0.3 is 0 Å². The van der Waals surface area contributed by atoms with Crippen LogP contribution in [0.2, 0.25) is 0 Å². The Morgan fingerprint density at radius 2 is 1.65 bits per heavy atom. The third-order valence-electron chi connectivity index (χ3n) is 4.18. The van der Waals surface area contributed by atoms with Gasteiger partial charge in [-0.05, 0) is 39.1 Å². The van der Waals surface area contributed by atoms with Crippen LogP contribution in [-0.4, -0.2) is 63.3 Å². The quantitative estimate of drug-likeness (QED) is 0.308. The van der Waals surface area contributed by atoms with Crippen LogP contribution in [0, 0.1) is 0 Å². The zero-order valence-electron chi connectivity index (χ0n) is 16.9. The van der Waals surface area contributed by atoms with E-state index in [1.165, 1.54) is 0 Å². The molecule has 1 aromatic carbocycles. The second-order valence-corrected chi connectivity index (χ2v) is 5.98. The van der Waals surface area contributed by atoms with Crippen molar-refractivity contribution in [2.24, 2.45) is 4.99 Å². The number of hydrogen-bond donors (Lipinski definition) is 2. The molecule has 1 aromatic rings. The molecule has 0 aliphatic rings. The summed E-state index contributed by atoms with van der Waals surface area (Å²) in [6.45, 7) is 12.2. The SMILES string of the molecule is CCN(CC)C(C)CNC(=NC)NCC(C)Oc1ccccc1OC.I. The zero-order chi connectivity index (χ0) is 18.7. The first-order valence-electron chi connectivity index (χ1n) is 9.03. The number of halogens is 1. The highest BCUT2D eigenvalue weighted by atomic mass is 127. The van der Waals surface area contributed by atoms with Gasteiger partial charge in [-0.2, -0.15) is 0 Å². The normalized spacial score (nSPS) is 13.6. The van der Waals surface area contributed by atoms with Crippen LogP contribution in [0.4, 0.5) is 0 Å². The Balaban J connectivity index is 0.00000625. The summed E-state index contributed by atoms with van der Waals surface area (Å²) in [5, 5.41) is 6.69. The first-order valence-corrected chi connectivity index (χ1v) is 9.03. The van der Waals surface area contributed by atoms with Crippen molar-refractivity contribution in [2.75, 3.05) is 40.3 Å². The van der Waals surface area contributed by atoms with E-state index in [2.05, 4.69) is 41.3 Å². The minimum absolute atomic E-state index is 0. The molecular formula is C19H35IN4O2. The molecule has 0 radical (unpaired) electrons. The van der Waals surface area contributed by atoms with Crippen molar-refractivity contribution in [3.05, 3.63) is 24.3 Å². The van der Waals surface area contributed by atoms with E-state index in [4.69, 9.17) is 9.47 Å². The maximum atomic E-state index is 5.95. The molecule has 2 atom stereocenters. The molecule has 0 amide bonds. The molecule has 0 saturated carbocycles. The second kappa shape index (κ2) is 13.9.